The molecule has 3 N–H and O–H groups in total. The molecular formula is C21H26ClN3O4. The maximum absolute atomic E-state index is 12.6. The topological polar surface area (TPSA) is 93.9 Å². The van der Waals surface area contributed by atoms with Crippen molar-refractivity contribution >= 4 is 35.6 Å². The molecule has 0 aromatic heterocycles. The van der Waals surface area contributed by atoms with Crippen LogP contribution in [0.5, 0.6) is 11.5 Å². The number of carbonyl (C=O) groups is 2. The summed E-state index contributed by atoms with van der Waals surface area (Å²) in [6.45, 7) is 3.61. The highest BCUT2D eigenvalue weighted by Gasteiger charge is 2.36. The number of ether oxygens (including phenoxy) is 2. The van der Waals surface area contributed by atoms with E-state index in [1.54, 1.807) is 29.2 Å². The molecule has 1 unspecified atom stereocenters. The van der Waals surface area contributed by atoms with Gasteiger partial charge in [-0.25, -0.2) is 0 Å². The predicted molar refractivity (Wildman–Crippen MR) is 115 cm³/mol. The van der Waals surface area contributed by atoms with Gasteiger partial charge in [0.05, 0.1) is 18.2 Å². The van der Waals surface area contributed by atoms with Gasteiger partial charge in [-0.3, -0.25) is 9.59 Å². The number of hydrogen-bond acceptors (Lipinski definition) is 5. The van der Waals surface area contributed by atoms with Crippen LogP contribution < -0.4 is 25.4 Å². The lowest BCUT2D eigenvalue weighted by atomic mass is 10.1. The minimum absolute atomic E-state index is 0. The van der Waals surface area contributed by atoms with Crippen molar-refractivity contribution in [2.24, 2.45) is 11.7 Å². The average molecular weight is 420 g/mol. The molecule has 1 fully saturated rings. The van der Waals surface area contributed by atoms with Gasteiger partial charge in [0.25, 0.3) is 0 Å². The van der Waals surface area contributed by atoms with Gasteiger partial charge in [-0.05, 0) is 43.3 Å². The van der Waals surface area contributed by atoms with Crippen LogP contribution in [-0.2, 0) is 9.59 Å². The van der Waals surface area contributed by atoms with Crippen molar-refractivity contribution in [3.05, 3.63) is 48.5 Å². The van der Waals surface area contributed by atoms with Crippen LogP contribution in [0.25, 0.3) is 0 Å². The summed E-state index contributed by atoms with van der Waals surface area (Å²) in [7, 11) is 0. The van der Waals surface area contributed by atoms with Crippen LogP contribution in [-0.4, -0.2) is 38.1 Å². The maximum Gasteiger partial charge on any atom is 0.229 e. The number of nitrogens with one attached hydrogen (secondary N) is 1. The fourth-order valence-electron chi connectivity index (χ4n) is 3.13. The Bertz CT molecular complexity index is 829. The summed E-state index contributed by atoms with van der Waals surface area (Å²) >= 11 is 0. The number of nitrogens with zero attached hydrogens (tertiary/aromatic N) is 1. The second-order valence-corrected chi connectivity index (χ2v) is 6.46. The summed E-state index contributed by atoms with van der Waals surface area (Å²) in [6, 6.07) is 14.5. The van der Waals surface area contributed by atoms with Crippen molar-refractivity contribution in [2.45, 2.75) is 13.3 Å². The molecule has 1 heterocycles. The highest BCUT2D eigenvalue weighted by atomic mass is 35.5. The number of hydrogen-bond donors (Lipinski definition) is 2. The van der Waals surface area contributed by atoms with E-state index in [1.165, 1.54) is 0 Å². The van der Waals surface area contributed by atoms with Gasteiger partial charge in [-0.1, -0.05) is 12.1 Å². The SMILES string of the molecule is CCOc1ccccc1N1CC(C(=O)Nc2ccc(OCCN)cc2)CC1=O.Cl. The summed E-state index contributed by atoms with van der Waals surface area (Å²) < 4.78 is 11.0. The fraction of sp³-hybridized carbons (Fsp3) is 0.333. The maximum atomic E-state index is 12.6. The van der Waals surface area contributed by atoms with E-state index >= 15 is 0 Å². The molecule has 2 aromatic carbocycles. The van der Waals surface area contributed by atoms with Crippen molar-refractivity contribution in [2.75, 3.05) is 36.5 Å². The number of para-hydroxylation sites is 2. The minimum Gasteiger partial charge on any atom is -0.492 e. The van der Waals surface area contributed by atoms with Gasteiger partial charge in [-0.2, -0.15) is 0 Å². The number of benzene rings is 2. The lowest BCUT2D eigenvalue weighted by Gasteiger charge is -2.20. The number of nitrogens with two attached hydrogens (primary N) is 1. The predicted octanol–water partition coefficient (Wildman–Crippen LogP) is 2.84. The highest BCUT2D eigenvalue weighted by Crippen LogP contribution is 2.33. The van der Waals surface area contributed by atoms with E-state index in [-0.39, 0.29) is 30.6 Å². The lowest BCUT2D eigenvalue weighted by molar-refractivity contribution is -0.122. The highest BCUT2D eigenvalue weighted by molar-refractivity contribution is 6.04. The second-order valence-electron chi connectivity index (χ2n) is 6.46. The van der Waals surface area contributed by atoms with E-state index < -0.39 is 5.92 Å². The van der Waals surface area contributed by atoms with Crippen LogP contribution >= 0.6 is 12.4 Å². The third-order valence-corrected chi connectivity index (χ3v) is 4.46. The molecule has 1 aliphatic rings. The Labute approximate surface area is 176 Å². The monoisotopic (exact) mass is 419 g/mol. The molecule has 29 heavy (non-hydrogen) atoms. The van der Waals surface area contributed by atoms with Crippen LogP contribution in [0.4, 0.5) is 11.4 Å². The van der Waals surface area contributed by atoms with Gasteiger partial charge < -0.3 is 25.4 Å². The van der Waals surface area contributed by atoms with E-state index in [1.807, 2.05) is 31.2 Å². The molecule has 3 rings (SSSR count). The van der Waals surface area contributed by atoms with E-state index in [0.29, 0.717) is 49.2 Å². The second kappa shape index (κ2) is 10.7. The van der Waals surface area contributed by atoms with Crippen LogP contribution in [0.15, 0.2) is 48.5 Å². The molecule has 2 amide bonds. The summed E-state index contributed by atoms with van der Waals surface area (Å²) in [5.41, 5.74) is 6.77. The van der Waals surface area contributed by atoms with Crippen LogP contribution in [0.2, 0.25) is 0 Å². The lowest BCUT2D eigenvalue weighted by Crippen LogP contribution is -2.28. The molecule has 0 spiro atoms. The molecule has 1 atom stereocenters. The molecule has 1 saturated heterocycles. The fourth-order valence-corrected chi connectivity index (χ4v) is 3.13. The molecule has 7 nitrogen and oxygen atoms in total. The third kappa shape index (κ3) is 5.62. The molecule has 1 aliphatic heterocycles. The molecule has 8 heteroatoms. The number of carbonyl (C=O) groups excluding carboxylic acids is 2. The molecule has 2 aromatic rings. The Balaban J connectivity index is 0.00000300. The largest absolute Gasteiger partial charge is 0.492 e. The molecule has 156 valence electrons. The van der Waals surface area contributed by atoms with E-state index in [4.69, 9.17) is 15.2 Å². The van der Waals surface area contributed by atoms with Gasteiger partial charge in [0, 0.05) is 25.2 Å². The summed E-state index contributed by atoms with van der Waals surface area (Å²) in [5.74, 6) is 0.652. The van der Waals surface area contributed by atoms with Crippen molar-refractivity contribution in [3.8, 4) is 11.5 Å². The summed E-state index contributed by atoms with van der Waals surface area (Å²) in [6.07, 6.45) is 0.171. The Kier molecular flexibility index (Phi) is 8.30. The van der Waals surface area contributed by atoms with E-state index in [9.17, 15) is 9.59 Å². The van der Waals surface area contributed by atoms with Crippen molar-refractivity contribution in [3.63, 3.8) is 0 Å². The van der Waals surface area contributed by atoms with Crippen LogP contribution in [0.3, 0.4) is 0 Å². The Hall–Kier alpha value is -2.77. The zero-order valence-corrected chi connectivity index (χ0v) is 17.1. The van der Waals surface area contributed by atoms with Gasteiger partial charge >= 0.3 is 0 Å². The zero-order valence-electron chi connectivity index (χ0n) is 16.3. The van der Waals surface area contributed by atoms with Gasteiger partial charge in [0.2, 0.25) is 11.8 Å². The Morgan fingerprint density at radius 2 is 1.90 bits per heavy atom. The first-order chi connectivity index (χ1) is 13.6. The molecular weight excluding hydrogens is 394 g/mol. The average Bonchev–Trinajstić information content (AvgIpc) is 3.10. The van der Waals surface area contributed by atoms with Gasteiger partial charge in [-0.15, -0.1) is 12.4 Å². The molecule has 0 bridgehead atoms. The number of rotatable bonds is 8. The zero-order chi connectivity index (χ0) is 19.9. The van der Waals surface area contributed by atoms with Crippen LogP contribution in [0, 0.1) is 5.92 Å². The minimum atomic E-state index is -0.421. The molecule has 0 radical (unpaired) electrons. The number of anilines is 2. The Morgan fingerprint density at radius 3 is 2.59 bits per heavy atom. The van der Waals surface area contributed by atoms with Gasteiger partial charge in [0.15, 0.2) is 0 Å². The van der Waals surface area contributed by atoms with Crippen molar-refractivity contribution in [1.29, 1.82) is 0 Å². The first-order valence-corrected chi connectivity index (χ1v) is 9.38. The number of amides is 2. The quantitative estimate of drug-likeness (QED) is 0.686. The first-order valence-electron chi connectivity index (χ1n) is 9.38. The summed E-state index contributed by atoms with van der Waals surface area (Å²) in [5, 5.41) is 2.87. The number of halogens is 1. The Morgan fingerprint density at radius 1 is 1.17 bits per heavy atom. The van der Waals surface area contributed by atoms with E-state index in [0.717, 1.165) is 0 Å². The van der Waals surface area contributed by atoms with E-state index in [2.05, 4.69) is 5.32 Å². The third-order valence-electron chi connectivity index (χ3n) is 4.46. The first kappa shape index (κ1) is 22.5. The van der Waals surface area contributed by atoms with Crippen LogP contribution in [0.1, 0.15) is 13.3 Å². The molecule has 0 saturated carbocycles. The standard InChI is InChI=1S/C21H25N3O4.ClH/c1-2-27-19-6-4-3-5-18(19)24-14-15(13-20(24)25)21(26)23-16-7-9-17(10-8-16)28-12-11-22;/h3-10,15H,2,11-14,22H2,1H3,(H,23,26);1H. The normalized spacial score (nSPS) is 15.6. The van der Waals surface area contributed by atoms with Gasteiger partial charge in [0.1, 0.15) is 18.1 Å². The van der Waals surface area contributed by atoms with Crippen molar-refractivity contribution < 1.29 is 19.1 Å². The summed E-state index contributed by atoms with van der Waals surface area (Å²) in [4.78, 5) is 26.8. The smallest absolute Gasteiger partial charge is 0.229 e. The van der Waals surface area contributed by atoms with Crippen molar-refractivity contribution in [1.82, 2.24) is 0 Å². The molecule has 0 aliphatic carbocycles.